The van der Waals surface area contributed by atoms with Gasteiger partial charge in [0.25, 0.3) is 0 Å². The van der Waals surface area contributed by atoms with E-state index in [0.29, 0.717) is 30.8 Å². The minimum absolute atomic E-state index is 0.0575. The van der Waals surface area contributed by atoms with Gasteiger partial charge in [0.2, 0.25) is 0 Å². The summed E-state index contributed by atoms with van der Waals surface area (Å²) in [5.41, 5.74) is -1.07. The highest BCUT2D eigenvalue weighted by molar-refractivity contribution is 6.47. The lowest BCUT2D eigenvalue weighted by Gasteiger charge is -2.40. The topological polar surface area (TPSA) is 34.4 Å². The number of amidine groups is 2. The van der Waals surface area contributed by atoms with Gasteiger partial charge < -0.3 is 9.80 Å². The molecule has 27 heavy (non-hydrogen) atoms. The van der Waals surface area contributed by atoms with Gasteiger partial charge in [-0.1, -0.05) is 0 Å². The Morgan fingerprint density at radius 3 is 2.44 bits per heavy atom. The van der Waals surface area contributed by atoms with Crippen LogP contribution in [-0.2, 0) is 6.18 Å². The fourth-order valence-corrected chi connectivity index (χ4v) is 3.37. The van der Waals surface area contributed by atoms with E-state index in [1.165, 1.54) is 4.90 Å². The predicted octanol–water partition coefficient (Wildman–Crippen LogP) is 3.26. The van der Waals surface area contributed by atoms with E-state index in [0.717, 1.165) is 19.2 Å². The molecule has 0 saturated carbocycles. The predicted molar refractivity (Wildman–Crippen MR) is 96.1 cm³/mol. The van der Waals surface area contributed by atoms with Crippen molar-refractivity contribution in [3.8, 4) is 0 Å². The van der Waals surface area contributed by atoms with Crippen molar-refractivity contribution in [1.29, 1.82) is 0 Å². The molecule has 1 fully saturated rings. The van der Waals surface area contributed by atoms with E-state index < -0.39 is 17.6 Å². The molecule has 0 radical (unpaired) electrons. The molecule has 1 saturated heterocycles. The maximum Gasteiger partial charge on any atom is 0.416 e. The van der Waals surface area contributed by atoms with Crippen molar-refractivity contribution in [3.63, 3.8) is 0 Å². The summed E-state index contributed by atoms with van der Waals surface area (Å²) >= 11 is 0. The van der Waals surface area contributed by atoms with Gasteiger partial charge in [0.1, 0.15) is 5.69 Å². The zero-order valence-corrected chi connectivity index (χ0v) is 15.0. The first kappa shape index (κ1) is 18.0. The number of piperazine rings is 1. The molecule has 1 atom stereocenters. The van der Waals surface area contributed by atoms with Gasteiger partial charge in [-0.15, -0.1) is 0 Å². The Kier molecular flexibility index (Phi) is 4.21. The van der Waals surface area contributed by atoms with E-state index >= 15 is 0 Å². The second-order valence-electron chi connectivity index (χ2n) is 6.95. The number of hydrogen-bond acceptors (Lipinski definition) is 5. The second-order valence-corrected chi connectivity index (χ2v) is 6.95. The molecule has 144 valence electrons. The fourth-order valence-electron chi connectivity index (χ4n) is 3.37. The Balaban J connectivity index is 1.85. The molecule has 0 N–H and O–H groups in total. The van der Waals surface area contributed by atoms with Crippen LogP contribution in [0.3, 0.4) is 0 Å². The molecule has 3 heterocycles. The van der Waals surface area contributed by atoms with Gasteiger partial charge in [0, 0.05) is 32.4 Å². The molecule has 3 aliphatic rings. The lowest BCUT2D eigenvalue weighted by atomic mass is 10.1. The van der Waals surface area contributed by atoms with E-state index in [9.17, 15) is 17.6 Å². The second kappa shape index (κ2) is 6.33. The van der Waals surface area contributed by atoms with Gasteiger partial charge in [0.15, 0.2) is 17.5 Å². The minimum Gasteiger partial charge on any atom is -0.351 e. The van der Waals surface area contributed by atoms with Crippen molar-refractivity contribution >= 4 is 23.0 Å². The first-order valence-electron chi connectivity index (χ1n) is 8.72. The molecule has 0 aliphatic carbocycles. The SMILES string of the molecule is CC1C=CN2C(=N1)C(N1CCN(C)CC1)=Nc1c(F)cc(C(F)(F)F)cc12. The van der Waals surface area contributed by atoms with Crippen LogP contribution in [0.25, 0.3) is 0 Å². The summed E-state index contributed by atoms with van der Waals surface area (Å²) in [6.45, 7) is 4.90. The first-order valence-corrected chi connectivity index (χ1v) is 8.72. The summed E-state index contributed by atoms with van der Waals surface area (Å²) in [5.74, 6) is -0.0243. The van der Waals surface area contributed by atoms with E-state index in [4.69, 9.17) is 0 Å². The minimum atomic E-state index is -4.64. The normalized spacial score (nSPS) is 23.0. The molecule has 4 rings (SSSR count). The van der Waals surface area contributed by atoms with E-state index in [1.54, 1.807) is 12.3 Å². The first-order chi connectivity index (χ1) is 12.7. The third kappa shape index (κ3) is 3.20. The van der Waals surface area contributed by atoms with Crippen molar-refractivity contribution in [2.24, 2.45) is 9.98 Å². The van der Waals surface area contributed by atoms with Crippen LogP contribution in [0.5, 0.6) is 0 Å². The molecule has 5 nitrogen and oxygen atoms in total. The monoisotopic (exact) mass is 381 g/mol. The summed E-state index contributed by atoms with van der Waals surface area (Å²) in [5, 5.41) is 0. The third-order valence-corrected chi connectivity index (χ3v) is 4.92. The molecule has 0 amide bonds. The number of rotatable bonds is 0. The molecule has 3 aliphatic heterocycles. The van der Waals surface area contributed by atoms with E-state index in [2.05, 4.69) is 14.9 Å². The summed E-state index contributed by atoms with van der Waals surface area (Å²) in [6, 6.07) is 1.30. The van der Waals surface area contributed by atoms with Gasteiger partial charge in [-0.25, -0.2) is 9.38 Å². The Hall–Kier alpha value is -2.42. The summed E-state index contributed by atoms with van der Waals surface area (Å²) in [7, 11) is 2.02. The van der Waals surface area contributed by atoms with Crippen molar-refractivity contribution < 1.29 is 17.6 Å². The van der Waals surface area contributed by atoms with Crippen molar-refractivity contribution in [2.75, 3.05) is 38.1 Å². The summed E-state index contributed by atoms with van der Waals surface area (Å²) < 4.78 is 54.0. The third-order valence-electron chi connectivity index (χ3n) is 4.92. The van der Waals surface area contributed by atoms with Crippen LogP contribution in [0, 0.1) is 5.82 Å². The molecular formula is C18H19F4N5. The standard InChI is InChI=1S/C18H19F4N5/c1-11-3-4-27-14-10-12(18(20,21)22)9-13(19)15(14)24-16(17(27)23-11)26-7-5-25(2)6-8-26/h3-4,9-11H,5-8H2,1-2H3. The van der Waals surface area contributed by atoms with Crippen LogP contribution in [-0.4, -0.2) is 60.7 Å². The van der Waals surface area contributed by atoms with Gasteiger partial charge in [-0.3, -0.25) is 9.89 Å². The van der Waals surface area contributed by atoms with Gasteiger partial charge in [-0.05, 0) is 32.2 Å². The molecule has 1 aromatic rings. The van der Waals surface area contributed by atoms with Gasteiger partial charge >= 0.3 is 6.18 Å². The molecule has 9 heteroatoms. The average Bonchev–Trinajstić information content (AvgIpc) is 2.61. The zero-order valence-electron chi connectivity index (χ0n) is 15.0. The number of likely N-dealkylation sites (N-methyl/N-ethyl adjacent to an activating group) is 1. The number of anilines is 1. The number of benzene rings is 1. The summed E-state index contributed by atoms with van der Waals surface area (Å²) in [6.07, 6.45) is -1.23. The Morgan fingerprint density at radius 2 is 1.78 bits per heavy atom. The van der Waals surface area contributed by atoms with Crippen LogP contribution < -0.4 is 4.90 Å². The molecule has 1 unspecified atom stereocenters. The van der Waals surface area contributed by atoms with Crippen molar-refractivity contribution in [2.45, 2.75) is 19.1 Å². The lowest BCUT2D eigenvalue weighted by Crippen LogP contribution is -2.53. The molecule has 0 bridgehead atoms. The van der Waals surface area contributed by atoms with Crippen molar-refractivity contribution in [1.82, 2.24) is 9.80 Å². The highest BCUT2D eigenvalue weighted by Gasteiger charge is 2.37. The number of nitrogens with zero attached hydrogens (tertiary/aromatic N) is 5. The smallest absolute Gasteiger partial charge is 0.351 e. The molecular weight excluding hydrogens is 362 g/mol. The average molecular weight is 381 g/mol. The van der Waals surface area contributed by atoms with Crippen LogP contribution in [0.15, 0.2) is 34.4 Å². The fraction of sp³-hybridized carbons (Fsp3) is 0.444. The van der Waals surface area contributed by atoms with E-state index in [-0.39, 0.29) is 17.4 Å². The highest BCUT2D eigenvalue weighted by atomic mass is 19.4. The number of halogens is 4. The van der Waals surface area contributed by atoms with Crippen LogP contribution in [0.1, 0.15) is 12.5 Å². The van der Waals surface area contributed by atoms with Gasteiger partial charge in [0.05, 0.1) is 17.3 Å². The van der Waals surface area contributed by atoms with Gasteiger partial charge in [-0.2, -0.15) is 13.2 Å². The van der Waals surface area contributed by atoms with E-state index in [1.807, 2.05) is 18.9 Å². The quantitative estimate of drug-likeness (QED) is 0.647. The van der Waals surface area contributed by atoms with Crippen LogP contribution >= 0.6 is 0 Å². The molecule has 1 aromatic carbocycles. The molecule has 0 spiro atoms. The Bertz CT molecular complexity index is 850. The molecule has 0 aromatic heterocycles. The maximum absolute atomic E-state index is 14.6. The highest BCUT2D eigenvalue weighted by Crippen LogP contribution is 2.42. The number of aliphatic imine (C=N–C) groups is 2. The van der Waals surface area contributed by atoms with Crippen LogP contribution in [0.2, 0.25) is 0 Å². The lowest BCUT2D eigenvalue weighted by molar-refractivity contribution is -0.137. The Labute approximate surface area is 154 Å². The summed E-state index contributed by atoms with van der Waals surface area (Å²) in [4.78, 5) is 14.7. The zero-order chi connectivity index (χ0) is 19.3. The number of hydrogen-bond donors (Lipinski definition) is 0. The van der Waals surface area contributed by atoms with Crippen LogP contribution in [0.4, 0.5) is 28.9 Å². The largest absolute Gasteiger partial charge is 0.416 e. The Morgan fingerprint density at radius 1 is 1.07 bits per heavy atom. The number of alkyl halides is 3. The maximum atomic E-state index is 14.6. The number of fused-ring (bicyclic) bond motifs is 3. The van der Waals surface area contributed by atoms with Crippen molar-refractivity contribution in [3.05, 3.63) is 35.8 Å².